The highest BCUT2D eigenvalue weighted by molar-refractivity contribution is 5.92. The molecule has 2 aliphatic heterocycles. The van der Waals surface area contributed by atoms with E-state index in [4.69, 9.17) is 4.74 Å². The van der Waals surface area contributed by atoms with Gasteiger partial charge in [-0.3, -0.25) is 10.2 Å². The molecule has 0 saturated heterocycles. The van der Waals surface area contributed by atoms with Crippen LogP contribution >= 0.6 is 0 Å². The van der Waals surface area contributed by atoms with Crippen molar-refractivity contribution in [3.05, 3.63) is 35.5 Å². The Kier molecular flexibility index (Phi) is 2.07. The molecule has 1 aromatic carbocycles. The van der Waals surface area contributed by atoms with Crippen molar-refractivity contribution in [2.75, 3.05) is 11.9 Å². The average molecular weight is 257 g/mol. The zero-order valence-electron chi connectivity index (χ0n) is 10.5. The smallest absolute Gasteiger partial charge is 0.288 e. The molecule has 5 nitrogen and oxygen atoms in total. The van der Waals surface area contributed by atoms with Crippen LogP contribution in [0.3, 0.4) is 0 Å². The molecule has 1 spiro atoms. The number of hydrogen-bond donors (Lipinski definition) is 3. The van der Waals surface area contributed by atoms with E-state index in [0.29, 0.717) is 6.54 Å². The Morgan fingerprint density at radius 1 is 1.16 bits per heavy atom. The number of carbonyl (C=O) groups is 1. The van der Waals surface area contributed by atoms with Crippen molar-refractivity contribution in [1.82, 2.24) is 10.9 Å². The van der Waals surface area contributed by atoms with E-state index < -0.39 is 5.60 Å². The van der Waals surface area contributed by atoms with Crippen LogP contribution in [0.15, 0.2) is 35.5 Å². The fourth-order valence-corrected chi connectivity index (χ4v) is 3.14. The number of rotatable bonds is 0. The third kappa shape index (κ3) is 1.38. The van der Waals surface area contributed by atoms with Gasteiger partial charge in [0.2, 0.25) is 5.60 Å². The highest BCUT2D eigenvalue weighted by atomic mass is 16.5. The van der Waals surface area contributed by atoms with Crippen LogP contribution in [-0.4, -0.2) is 18.1 Å². The number of amides is 1. The normalized spacial score (nSPS) is 27.9. The second kappa shape index (κ2) is 3.66. The van der Waals surface area contributed by atoms with Crippen LogP contribution in [0.25, 0.3) is 0 Å². The second-order valence-corrected chi connectivity index (χ2v) is 5.17. The molecule has 0 bridgehead atoms. The van der Waals surface area contributed by atoms with Gasteiger partial charge in [0.25, 0.3) is 5.91 Å². The van der Waals surface area contributed by atoms with Crippen molar-refractivity contribution in [3.8, 4) is 5.75 Å². The van der Waals surface area contributed by atoms with E-state index in [0.717, 1.165) is 42.0 Å². The van der Waals surface area contributed by atoms with Crippen molar-refractivity contribution >= 4 is 11.6 Å². The standard InChI is InChI=1S/C14H15N3O2/c18-13-14(9-4-3-6-10(9)16-17-13)8-15-11-5-1-2-7-12(11)19-14/h1-2,5,7,15-16H,3-4,6,8H2,(H,17,18). The van der Waals surface area contributed by atoms with Crippen molar-refractivity contribution in [2.45, 2.75) is 24.9 Å². The second-order valence-electron chi connectivity index (χ2n) is 5.17. The SMILES string of the molecule is O=C1NNC2=C(CCC2)C12CNc1ccccc1O2. The number of benzene rings is 1. The van der Waals surface area contributed by atoms with Gasteiger partial charge in [-0.25, -0.2) is 0 Å². The van der Waals surface area contributed by atoms with Crippen molar-refractivity contribution < 1.29 is 9.53 Å². The molecule has 3 N–H and O–H groups in total. The largest absolute Gasteiger partial charge is 0.469 e. The lowest BCUT2D eigenvalue weighted by molar-refractivity contribution is -0.135. The minimum Gasteiger partial charge on any atom is -0.469 e. The summed E-state index contributed by atoms with van der Waals surface area (Å²) < 4.78 is 6.11. The summed E-state index contributed by atoms with van der Waals surface area (Å²) in [5, 5.41) is 3.32. The molecule has 0 radical (unpaired) electrons. The van der Waals surface area contributed by atoms with Gasteiger partial charge >= 0.3 is 0 Å². The Labute approximate surface area is 111 Å². The molecule has 1 aliphatic carbocycles. The first-order valence-electron chi connectivity index (χ1n) is 6.60. The van der Waals surface area contributed by atoms with Gasteiger partial charge in [0.1, 0.15) is 5.75 Å². The van der Waals surface area contributed by atoms with E-state index in [-0.39, 0.29) is 5.91 Å². The number of nitrogens with one attached hydrogen (secondary N) is 3. The van der Waals surface area contributed by atoms with Gasteiger partial charge < -0.3 is 15.5 Å². The number of carbonyl (C=O) groups excluding carboxylic acids is 1. The maximum absolute atomic E-state index is 12.4. The summed E-state index contributed by atoms with van der Waals surface area (Å²) >= 11 is 0. The zero-order valence-corrected chi connectivity index (χ0v) is 10.5. The minimum absolute atomic E-state index is 0.116. The summed E-state index contributed by atoms with van der Waals surface area (Å²) in [6.07, 6.45) is 2.96. The summed E-state index contributed by atoms with van der Waals surface area (Å²) in [5.41, 5.74) is 8.00. The predicted molar refractivity (Wildman–Crippen MR) is 70.4 cm³/mol. The number of anilines is 1. The van der Waals surface area contributed by atoms with E-state index in [1.165, 1.54) is 0 Å². The number of hydrogen-bond acceptors (Lipinski definition) is 4. The van der Waals surface area contributed by atoms with Gasteiger partial charge in [-0.05, 0) is 31.4 Å². The molecular formula is C14H15N3O2. The molecule has 3 aliphatic rings. The van der Waals surface area contributed by atoms with E-state index in [9.17, 15) is 4.79 Å². The molecule has 1 unspecified atom stereocenters. The average Bonchev–Trinajstić information content (AvgIpc) is 2.93. The van der Waals surface area contributed by atoms with Gasteiger partial charge in [0, 0.05) is 11.3 Å². The lowest BCUT2D eigenvalue weighted by Gasteiger charge is -2.41. The number of fused-ring (bicyclic) bond motifs is 2. The third-order valence-electron chi connectivity index (χ3n) is 4.10. The van der Waals surface area contributed by atoms with Crippen LogP contribution in [0, 0.1) is 0 Å². The maximum atomic E-state index is 12.4. The van der Waals surface area contributed by atoms with Crippen LogP contribution in [0.5, 0.6) is 5.75 Å². The van der Waals surface area contributed by atoms with E-state index in [1.807, 2.05) is 24.3 Å². The number of ether oxygens (including phenoxy) is 1. The van der Waals surface area contributed by atoms with Crippen LogP contribution < -0.4 is 20.9 Å². The van der Waals surface area contributed by atoms with Gasteiger partial charge in [-0.2, -0.15) is 0 Å². The maximum Gasteiger partial charge on any atom is 0.288 e. The summed E-state index contributed by atoms with van der Waals surface area (Å²) in [6.45, 7) is 0.482. The molecule has 4 rings (SSSR count). The molecule has 1 amide bonds. The lowest BCUT2D eigenvalue weighted by atomic mass is 9.88. The van der Waals surface area contributed by atoms with Gasteiger partial charge in [-0.15, -0.1) is 0 Å². The zero-order chi connectivity index (χ0) is 12.9. The lowest BCUT2D eigenvalue weighted by Crippen LogP contribution is -2.64. The number of hydrazine groups is 1. The van der Waals surface area contributed by atoms with Crippen molar-refractivity contribution in [3.63, 3.8) is 0 Å². The van der Waals surface area contributed by atoms with Crippen LogP contribution in [0.1, 0.15) is 19.3 Å². The fourth-order valence-electron chi connectivity index (χ4n) is 3.14. The molecule has 2 heterocycles. The Balaban J connectivity index is 1.82. The number of para-hydroxylation sites is 2. The topological polar surface area (TPSA) is 62.4 Å². The summed E-state index contributed by atoms with van der Waals surface area (Å²) in [5.74, 6) is 0.625. The molecular weight excluding hydrogens is 242 g/mol. The van der Waals surface area contributed by atoms with Gasteiger partial charge in [0.05, 0.1) is 12.2 Å². The van der Waals surface area contributed by atoms with Crippen molar-refractivity contribution in [2.24, 2.45) is 0 Å². The Bertz CT molecular complexity index is 596. The first kappa shape index (κ1) is 10.7. The fraction of sp³-hybridized carbons (Fsp3) is 0.357. The molecule has 0 aromatic heterocycles. The van der Waals surface area contributed by atoms with E-state index >= 15 is 0 Å². The van der Waals surface area contributed by atoms with Crippen LogP contribution in [0.2, 0.25) is 0 Å². The first-order chi connectivity index (χ1) is 9.29. The molecule has 0 saturated carbocycles. The first-order valence-corrected chi connectivity index (χ1v) is 6.60. The number of allylic oxidation sites excluding steroid dienone is 1. The summed E-state index contributed by atoms with van der Waals surface area (Å²) in [6, 6.07) is 7.73. The molecule has 1 aromatic rings. The van der Waals surface area contributed by atoms with Gasteiger partial charge in [0.15, 0.2) is 0 Å². The Hall–Kier alpha value is -2.17. The quantitative estimate of drug-likeness (QED) is 0.655. The highest BCUT2D eigenvalue weighted by Crippen LogP contribution is 2.42. The monoisotopic (exact) mass is 257 g/mol. The van der Waals surface area contributed by atoms with Crippen molar-refractivity contribution in [1.29, 1.82) is 0 Å². The molecule has 5 heteroatoms. The summed E-state index contributed by atoms with van der Waals surface area (Å²) in [4.78, 5) is 12.4. The summed E-state index contributed by atoms with van der Waals surface area (Å²) in [7, 11) is 0. The van der Waals surface area contributed by atoms with E-state index in [1.54, 1.807) is 0 Å². The third-order valence-corrected chi connectivity index (χ3v) is 4.10. The highest BCUT2D eigenvalue weighted by Gasteiger charge is 2.51. The Morgan fingerprint density at radius 3 is 3.00 bits per heavy atom. The predicted octanol–water partition coefficient (Wildman–Crippen LogP) is 1.30. The molecule has 0 fully saturated rings. The Morgan fingerprint density at radius 2 is 2.05 bits per heavy atom. The molecule has 98 valence electrons. The minimum atomic E-state index is -0.883. The molecule has 19 heavy (non-hydrogen) atoms. The van der Waals surface area contributed by atoms with Crippen LogP contribution in [0.4, 0.5) is 5.69 Å². The van der Waals surface area contributed by atoms with Crippen LogP contribution in [-0.2, 0) is 4.79 Å². The van der Waals surface area contributed by atoms with Gasteiger partial charge in [-0.1, -0.05) is 12.1 Å². The molecule has 1 atom stereocenters. The van der Waals surface area contributed by atoms with E-state index in [2.05, 4.69) is 16.2 Å².